The summed E-state index contributed by atoms with van der Waals surface area (Å²) in [7, 11) is 1.30. The van der Waals surface area contributed by atoms with Gasteiger partial charge in [-0.1, -0.05) is 30.3 Å². The summed E-state index contributed by atoms with van der Waals surface area (Å²) in [5, 5.41) is 10.8. The van der Waals surface area contributed by atoms with Crippen LogP contribution in [0.2, 0.25) is 0 Å². The van der Waals surface area contributed by atoms with E-state index in [-0.39, 0.29) is 30.6 Å². The zero-order valence-corrected chi connectivity index (χ0v) is 14.6. The minimum absolute atomic E-state index is 0.0619. The van der Waals surface area contributed by atoms with E-state index in [0.29, 0.717) is 5.56 Å². The van der Waals surface area contributed by atoms with Crippen molar-refractivity contribution in [3.8, 4) is 0 Å². The second-order valence-corrected chi connectivity index (χ2v) is 5.72. The molecule has 0 aliphatic rings. The third-order valence-corrected chi connectivity index (χ3v) is 4.12. The molecule has 0 heterocycles. The molecule has 0 aliphatic carbocycles. The van der Waals surface area contributed by atoms with Crippen molar-refractivity contribution in [2.45, 2.75) is 19.4 Å². The van der Waals surface area contributed by atoms with E-state index in [1.54, 1.807) is 4.90 Å². The molecule has 0 saturated carbocycles. The van der Waals surface area contributed by atoms with Gasteiger partial charge < -0.3 is 9.64 Å². The number of amides is 1. The molecule has 2 rings (SSSR count). The van der Waals surface area contributed by atoms with Gasteiger partial charge in [-0.05, 0) is 24.6 Å². The Labute approximate surface area is 151 Å². The first-order valence-electron chi connectivity index (χ1n) is 8.11. The fraction of sp³-hybridized carbons (Fsp3) is 0.263. The van der Waals surface area contributed by atoms with Crippen LogP contribution in [-0.2, 0) is 9.53 Å². The van der Waals surface area contributed by atoms with Crippen LogP contribution in [-0.4, -0.2) is 35.4 Å². The van der Waals surface area contributed by atoms with Crippen LogP contribution in [0.1, 0.15) is 35.3 Å². The Hall–Kier alpha value is -3.22. The topological polar surface area (TPSA) is 89.8 Å². The van der Waals surface area contributed by atoms with Crippen LogP contribution in [0.4, 0.5) is 5.69 Å². The number of nitro groups is 1. The molecule has 2 aromatic carbocycles. The number of nitro benzene ring substituents is 1. The van der Waals surface area contributed by atoms with E-state index in [9.17, 15) is 19.7 Å². The zero-order valence-electron chi connectivity index (χ0n) is 14.6. The molecule has 2 aromatic rings. The number of rotatable bonds is 7. The molecule has 1 atom stereocenters. The maximum absolute atomic E-state index is 12.9. The van der Waals surface area contributed by atoms with Crippen LogP contribution in [0, 0.1) is 10.1 Å². The van der Waals surface area contributed by atoms with Crippen LogP contribution in [0.3, 0.4) is 0 Å². The monoisotopic (exact) mass is 356 g/mol. The van der Waals surface area contributed by atoms with E-state index in [1.807, 2.05) is 37.3 Å². The Morgan fingerprint density at radius 1 is 1.12 bits per heavy atom. The fourth-order valence-corrected chi connectivity index (χ4v) is 2.59. The van der Waals surface area contributed by atoms with Crippen molar-refractivity contribution in [2.24, 2.45) is 0 Å². The van der Waals surface area contributed by atoms with Gasteiger partial charge in [0.05, 0.1) is 24.5 Å². The van der Waals surface area contributed by atoms with E-state index in [0.717, 1.165) is 5.56 Å². The molecule has 1 amide bonds. The van der Waals surface area contributed by atoms with Gasteiger partial charge in [-0.25, -0.2) is 0 Å². The number of carbonyl (C=O) groups excluding carboxylic acids is 2. The summed E-state index contributed by atoms with van der Waals surface area (Å²) in [5.41, 5.74) is 1.16. The first-order valence-corrected chi connectivity index (χ1v) is 8.11. The molecule has 136 valence electrons. The van der Waals surface area contributed by atoms with Crippen LogP contribution in [0.15, 0.2) is 54.6 Å². The van der Waals surface area contributed by atoms with Gasteiger partial charge >= 0.3 is 5.97 Å². The van der Waals surface area contributed by atoms with Crippen molar-refractivity contribution in [3.63, 3.8) is 0 Å². The van der Waals surface area contributed by atoms with E-state index >= 15 is 0 Å². The summed E-state index contributed by atoms with van der Waals surface area (Å²) < 4.78 is 4.66. The highest BCUT2D eigenvalue weighted by Crippen LogP contribution is 2.23. The second kappa shape index (κ2) is 8.75. The molecule has 0 N–H and O–H groups in total. The number of hydrogen-bond acceptors (Lipinski definition) is 5. The lowest BCUT2D eigenvalue weighted by Crippen LogP contribution is -2.35. The lowest BCUT2D eigenvalue weighted by molar-refractivity contribution is -0.384. The molecular formula is C19H20N2O5. The van der Waals surface area contributed by atoms with Gasteiger partial charge in [0.1, 0.15) is 0 Å². The Balaban J connectivity index is 2.27. The third-order valence-electron chi connectivity index (χ3n) is 4.12. The van der Waals surface area contributed by atoms with Crippen molar-refractivity contribution >= 4 is 17.6 Å². The number of non-ortho nitro benzene ring substituents is 1. The zero-order chi connectivity index (χ0) is 19.1. The van der Waals surface area contributed by atoms with Crippen LogP contribution in [0.5, 0.6) is 0 Å². The number of esters is 1. The number of carbonyl (C=O) groups is 2. The molecule has 0 fully saturated rings. The lowest BCUT2D eigenvalue weighted by atomic mass is 10.0. The Morgan fingerprint density at radius 2 is 1.73 bits per heavy atom. The van der Waals surface area contributed by atoms with Crippen LogP contribution < -0.4 is 0 Å². The summed E-state index contributed by atoms with van der Waals surface area (Å²) >= 11 is 0. The Kier molecular flexibility index (Phi) is 6.43. The van der Waals surface area contributed by atoms with Crippen molar-refractivity contribution in [1.29, 1.82) is 0 Å². The van der Waals surface area contributed by atoms with Crippen LogP contribution >= 0.6 is 0 Å². The van der Waals surface area contributed by atoms with Gasteiger partial charge in [-0.15, -0.1) is 0 Å². The number of benzene rings is 2. The average molecular weight is 356 g/mol. The minimum Gasteiger partial charge on any atom is -0.469 e. The van der Waals surface area contributed by atoms with Gasteiger partial charge in [0.25, 0.3) is 11.6 Å². The number of nitrogens with zero attached hydrogens (tertiary/aromatic N) is 2. The molecular weight excluding hydrogens is 336 g/mol. The van der Waals surface area contributed by atoms with Gasteiger partial charge in [0.2, 0.25) is 0 Å². The molecule has 0 bridgehead atoms. The van der Waals surface area contributed by atoms with Gasteiger partial charge in [-0.3, -0.25) is 19.7 Å². The van der Waals surface area contributed by atoms with E-state index in [4.69, 9.17) is 0 Å². The van der Waals surface area contributed by atoms with Gasteiger partial charge in [-0.2, -0.15) is 0 Å². The molecule has 0 aromatic heterocycles. The first kappa shape index (κ1) is 19.1. The smallest absolute Gasteiger partial charge is 0.307 e. The highest BCUT2D eigenvalue weighted by atomic mass is 16.6. The number of hydrogen-bond donors (Lipinski definition) is 0. The molecule has 0 aliphatic heterocycles. The summed E-state index contributed by atoms with van der Waals surface area (Å²) in [6.45, 7) is 2.05. The molecule has 0 saturated heterocycles. The van der Waals surface area contributed by atoms with E-state index in [1.165, 1.54) is 31.4 Å². The largest absolute Gasteiger partial charge is 0.469 e. The van der Waals surface area contributed by atoms with Crippen LogP contribution in [0.25, 0.3) is 0 Å². The molecule has 7 nitrogen and oxygen atoms in total. The molecule has 0 radical (unpaired) electrons. The quantitative estimate of drug-likeness (QED) is 0.431. The molecule has 7 heteroatoms. The summed E-state index contributed by atoms with van der Waals surface area (Å²) in [6.07, 6.45) is 0.0619. The predicted molar refractivity (Wildman–Crippen MR) is 95.6 cm³/mol. The van der Waals surface area contributed by atoms with Gasteiger partial charge in [0, 0.05) is 24.2 Å². The highest BCUT2D eigenvalue weighted by Gasteiger charge is 2.24. The van der Waals surface area contributed by atoms with Crippen molar-refractivity contribution < 1.29 is 19.2 Å². The van der Waals surface area contributed by atoms with Crippen molar-refractivity contribution in [1.82, 2.24) is 4.90 Å². The SMILES string of the molecule is COC(=O)CCN(C(=O)c1ccc([N+](=O)[O-])cc1)C(C)c1ccccc1. The molecule has 1 unspecified atom stereocenters. The highest BCUT2D eigenvalue weighted by molar-refractivity contribution is 5.95. The fourth-order valence-electron chi connectivity index (χ4n) is 2.59. The van der Waals surface area contributed by atoms with Crippen molar-refractivity contribution in [3.05, 3.63) is 75.8 Å². The number of methoxy groups -OCH3 is 1. The summed E-state index contributed by atoms with van der Waals surface area (Å²) in [5.74, 6) is -0.716. The second-order valence-electron chi connectivity index (χ2n) is 5.72. The first-order chi connectivity index (χ1) is 12.4. The average Bonchev–Trinajstić information content (AvgIpc) is 2.68. The summed E-state index contributed by atoms with van der Waals surface area (Å²) in [6, 6.07) is 14.6. The van der Waals surface area contributed by atoms with E-state index in [2.05, 4.69) is 4.74 Å². The standard InChI is InChI=1S/C19H20N2O5/c1-14(15-6-4-3-5-7-15)20(13-12-18(22)26-2)19(23)16-8-10-17(11-9-16)21(24)25/h3-11,14H,12-13H2,1-2H3. The van der Waals surface area contributed by atoms with Crippen molar-refractivity contribution in [2.75, 3.05) is 13.7 Å². The normalized spacial score (nSPS) is 11.5. The summed E-state index contributed by atoms with van der Waals surface area (Å²) in [4.78, 5) is 36.3. The predicted octanol–water partition coefficient (Wildman–Crippen LogP) is 3.36. The minimum atomic E-state index is -0.518. The Bertz CT molecular complexity index is 774. The molecule has 26 heavy (non-hydrogen) atoms. The van der Waals surface area contributed by atoms with E-state index < -0.39 is 10.9 Å². The third kappa shape index (κ3) is 4.66. The maximum atomic E-state index is 12.9. The Morgan fingerprint density at radius 3 is 2.27 bits per heavy atom. The number of ether oxygens (including phenoxy) is 1. The van der Waals surface area contributed by atoms with Gasteiger partial charge in [0.15, 0.2) is 0 Å². The lowest BCUT2D eigenvalue weighted by Gasteiger charge is -2.29. The maximum Gasteiger partial charge on any atom is 0.307 e. The molecule has 0 spiro atoms.